The van der Waals surface area contributed by atoms with E-state index in [-0.39, 0.29) is 24.9 Å². The lowest BCUT2D eigenvalue weighted by molar-refractivity contribution is -0.153. The minimum absolute atomic E-state index is 0.155. The number of carboxylic acid groups (broad SMARTS) is 1. The number of benzene rings is 1. The van der Waals surface area contributed by atoms with Gasteiger partial charge in [0, 0.05) is 47.9 Å². The number of hydrogen-bond acceptors (Lipinski definition) is 6. The summed E-state index contributed by atoms with van der Waals surface area (Å²) in [4.78, 5) is 50.8. The largest absolute Gasteiger partial charge is 0.481 e. The number of aromatic nitrogens is 2. The van der Waals surface area contributed by atoms with Crippen molar-refractivity contribution >= 4 is 34.7 Å². The third kappa shape index (κ3) is 8.89. The molecule has 1 aliphatic heterocycles. The fraction of sp³-hybridized carbons (Fsp3) is 0.537. The van der Waals surface area contributed by atoms with Crippen LogP contribution in [0.5, 0.6) is 0 Å². The first-order chi connectivity index (χ1) is 24.2. The number of hydrogen-bond donors (Lipinski definition) is 2. The number of thiophene rings is 1. The molecule has 9 heteroatoms. The third-order valence-electron chi connectivity index (χ3n) is 11.0. The number of amides is 2. The minimum atomic E-state index is -0.907. The molecule has 2 N–H and O–H groups in total. The van der Waals surface area contributed by atoms with Gasteiger partial charge in [-0.05, 0) is 85.5 Å². The maximum Gasteiger partial charge on any atom is 0.310 e. The van der Waals surface area contributed by atoms with Crippen LogP contribution in [0.1, 0.15) is 104 Å². The highest BCUT2D eigenvalue weighted by molar-refractivity contribution is 7.14. The normalized spacial score (nSPS) is 21.7. The molecule has 3 aromatic rings. The van der Waals surface area contributed by atoms with Gasteiger partial charge in [-0.15, -0.1) is 11.3 Å². The molecule has 1 saturated carbocycles. The van der Waals surface area contributed by atoms with Crippen LogP contribution in [-0.4, -0.2) is 56.9 Å². The summed E-state index contributed by atoms with van der Waals surface area (Å²) in [7, 11) is 0. The van der Waals surface area contributed by atoms with Crippen molar-refractivity contribution in [3.8, 4) is 11.4 Å². The molecule has 2 aliphatic carbocycles. The van der Waals surface area contributed by atoms with Gasteiger partial charge in [0.2, 0.25) is 5.91 Å². The van der Waals surface area contributed by atoms with E-state index in [1.807, 2.05) is 48.8 Å². The van der Waals surface area contributed by atoms with E-state index >= 15 is 0 Å². The van der Waals surface area contributed by atoms with E-state index in [0.29, 0.717) is 23.0 Å². The van der Waals surface area contributed by atoms with Crippen molar-refractivity contribution in [1.82, 2.24) is 20.2 Å². The Bertz CT molecular complexity index is 1650. The summed E-state index contributed by atoms with van der Waals surface area (Å²) in [6.07, 6.45) is 19.4. The first kappa shape index (κ1) is 36.0. The highest BCUT2D eigenvalue weighted by Crippen LogP contribution is 2.42. The summed E-state index contributed by atoms with van der Waals surface area (Å²) in [5.74, 6) is 1.75. The molecular formula is C41H52N4O4S. The smallest absolute Gasteiger partial charge is 0.310 e. The van der Waals surface area contributed by atoms with Crippen LogP contribution in [0, 0.1) is 29.6 Å². The zero-order chi connectivity index (χ0) is 35.2. The maximum absolute atomic E-state index is 13.5. The van der Waals surface area contributed by atoms with Gasteiger partial charge in [0.05, 0.1) is 10.8 Å². The molecule has 0 spiro atoms. The van der Waals surface area contributed by atoms with Gasteiger partial charge in [-0.2, -0.15) is 0 Å². The molecule has 6 rings (SSSR count). The highest BCUT2D eigenvalue weighted by Gasteiger charge is 2.39. The fourth-order valence-corrected chi connectivity index (χ4v) is 9.17. The van der Waals surface area contributed by atoms with E-state index in [0.717, 1.165) is 58.6 Å². The number of nitrogens with one attached hydrogen (secondary N) is 1. The average molecular weight is 697 g/mol. The fourth-order valence-electron chi connectivity index (χ4n) is 8.05. The van der Waals surface area contributed by atoms with Crippen LogP contribution in [-0.2, 0) is 22.4 Å². The lowest BCUT2D eigenvalue weighted by Crippen LogP contribution is -2.59. The Balaban J connectivity index is 1.07. The van der Waals surface area contributed by atoms with Gasteiger partial charge in [0.25, 0.3) is 5.91 Å². The Morgan fingerprint density at radius 2 is 1.64 bits per heavy atom. The molecule has 8 nitrogen and oxygen atoms in total. The molecule has 1 unspecified atom stereocenters. The zero-order valence-electron chi connectivity index (χ0n) is 29.8. The van der Waals surface area contributed by atoms with Gasteiger partial charge in [-0.3, -0.25) is 14.4 Å². The minimum Gasteiger partial charge on any atom is -0.481 e. The number of carbonyl (C=O) groups is 3. The van der Waals surface area contributed by atoms with E-state index < -0.39 is 17.9 Å². The van der Waals surface area contributed by atoms with Gasteiger partial charge >= 0.3 is 5.97 Å². The van der Waals surface area contributed by atoms with E-state index in [9.17, 15) is 19.5 Å². The van der Waals surface area contributed by atoms with Crippen molar-refractivity contribution in [1.29, 1.82) is 0 Å². The molecule has 0 bridgehead atoms. The molecule has 1 aromatic carbocycles. The number of allylic oxidation sites excluding steroid dienone is 2. The molecule has 0 radical (unpaired) electrons. The Hall–Kier alpha value is -3.85. The van der Waals surface area contributed by atoms with Crippen LogP contribution in [0.3, 0.4) is 0 Å². The van der Waals surface area contributed by atoms with Crippen LogP contribution in [0.15, 0.2) is 54.9 Å². The monoisotopic (exact) mass is 696 g/mol. The summed E-state index contributed by atoms with van der Waals surface area (Å²) in [6, 6.07) is 10.8. The van der Waals surface area contributed by atoms with Crippen molar-refractivity contribution in [3.05, 3.63) is 75.7 Å². The molecule has 1 saturated heterocycles. The molecular weight excluding hydrogens is 645 g/mol. The second-order valence-corrected chi connectivity index (χ2v) is 16.4. The summed E-state index contributed by atoms with van der Waals surface area (Å²) >= 11 is 1.45. The van der Waals surface area contributed by atoms with Gasteiger partial charge < -0.3 is 15.3 Å². The molecule has 2 atom stereocenters. The maximum atomic E-state index is 13.5. The highest BCUT2D eigenvalue weighted by atomic mass is 32.1. The number of nitrogens with zero attached hydrogens (tertiary/aromatic N) is 3. The molecule has 3 aliphatic rings. The van der Waals surface area contributed by atoms with Crippen molar-refractivity contribution in [2.45, 2.75) is 97.4 Å². The quantitative estimate of drug-likeness (QED) is 0.187. The van der Waals surface area contributed by atoms with Crippen molar-refractivity contribution in [2.75, 3.05) is 13.1 Å². The van der Waals surface area contributed by atoms with Gasteiger partial charge in [0.1, 0.15) is 6.04 Å². The topological polar surface area (TPSA) is 112 Å². The number of carboxylic acids is 1. The number of rotatable bonds is 13. The first-order valence-corrected chi connectivity index (χ1v) is 19.5. The SMILES string of the molecule is CCC[C@H]1CC[C@H](C2CC=C(c3cnc(-c4ccc(C[C@H](NC(=O)c5ccc(CC(C)C)s5)C(=O)N5CC(C(=O)O)C5)cc4)nc3)CC2)CC1. The standard InChI is InChI=1S/C41H52N4O4S/c1-4-5-27-6-10-29(11-7-27)30-14-16-31(17-15-30)33-22-42-38(43-23-33)32-12-8-28(9-13-32)21-36(40(47)45-24-34(25-45)41(48)49)44-39(46)37-19-18-35(50-37)20-26(2)3/h8-9,12-13,16,18-19,22-23,26-27,29-30,34,36H,4-7,10-11,14-15,17,20-21,24-25H2,1-3H3,(H,44,46)(H,48,49)/t27-,29-,30?,36-/m0/s1. The number of carbonyl (C=O) groups excluding carboxylic acids is 2. The van der Waals surface area contributed by atoms with Crippen LogP contribution in [0.25, 0.3) is 17.0 Å². The van der Waals surface area contributed by atoms with E-state index in [1.54, 1.807) is 0 Å². The molecule has 50 heavy (non-hydrogen) atoms. The summed E-state index contributed by atoms with van der Waals surface area (Å²) in [5, 5.41) is 12.3. The molecule has 2 aromatic heterocycles. The Labute approximate surface area is 300 Å². The second kappa shape index (κ2) is 16.4. The lowest BCUT2D eigenvalue weighted by atomic mass is 9.70. The predicted octanol–water partition coefficient (Wildman–Crippen LogP) is 8.08. The van der Waals surface area contributed by atoms with Crippen molar-refractivity contribution in [3.63, 3.8) is 0 Å². The Kier molecular flexibility index (Phi) is 11.8. The molecule has 266 valence electrons. The predicted molar refractivity (Wildman–Crippen MR) is 199 cm³/mol. The first-order valence-electron chi connectivity index (χ1n) is 18.7. The van der Waals surface area contributed by atoms with Crippen LogP contribution < -0.4 is 5.32 Å². The van der Waals surface area contributed by atoms with Crippen LogP contribution >= 0.6 is 11.3 Å². The Morgan fingerprint density at radius 1 is 0.920 bits per heavy atom. The summed E-state index contributed by atoms with van der Waals surface area (Å²) < 4.78 is 0. The lowest BCUT2D eigenvalue weighted by Gasteiger charge is -2.38. The Morgan fingerprint density at radius 3 is 2.26 bits per heavy atom. The molecule has 2 fully saturated rings. The average Bonchev–Trinajstić information content (AvgIpc) is 3.56. The molecule has 3 heterocycles. The van der Waals surface area contributed by atoms with Crippen molar-refractivity contribution < 1.29 is 19.5 Å². The van der Waals surface area contributed by atoms with E-state index in [4.69, 9.17) is 9.97 Å². The summed E-state index contributed by atoms with van der Waals surface area (Å²) in [5.41, 5.74) is 4.22. The van der Waals surface area contributed by atoms with Crippen LogP contribution in [0.4, 0.5) is 0 Å². The summed E-state index contributed by atoms with van der Waals surface area (Å²) in [6.45, 7) is 6.90. The zero-order valence-corrected chi connectivity index (χ0v) is 30.6. The molecule has 2 amide bonds. The van der Waals surface area contributed by atoms with Crippen molar-refractivity contribution in [2.24, 2.45) is 29.6 Å². The van der Waals surface area contributed by atoms with E-state index in [2.05, 4.69) is 32.2 Å². The third-order valence-corrected chi connectivity index (χ3v) is 12.1. The van der Waals surface area contributed by atoms with Gasteiger partial charge in [-0.1, -0.05) is 76.8 Å². The van der Waals surface area contributed by atoms with Gasteiger partial charge in [0.15, 0.2) is 5.82 Å². The van der Waals surface area contributed by atoms with Crippen LogP contribution in [0.2, 0.25) is 0 Å². The number of aliphatic carboxylic acids is 1. The van der Waals surface area contributed by atoms with Gasteiger partial charge in [-0.25, -0.2) is 9.97 Å². The van der Waals surface area contributed by atoms with E-state index in [1.165, 1.54) is 66.8 Å². The number of likely N-dealkylation sites (tertiary alicyclic amines) is 1. The second-order valence-electron chi connectivity index (χ2n) is 15.2.